The topological polar surface area (TPSA) is 59.4 Å². The summed E-state index contributed by atoms with van der Waals surface area (Å²) in [6.45, 7) is 2.76. The third kappa shape index (κ3) is 2.54. The van der Waals surface area contributed by atoms with E-state index in [2.05, 4.69) is 27.1 Å². The zero-order chi connectivity index (χ0) is 13.9. The van der Waals surface area contributed by atoms with Crippen molar-refractivity contribution >= 4 is 23.6 Å². The van der Waals surface area contributed by atoms with Gasteiger partial charge in [0.05, 0.1) is 6.54 Å². The molecule has 0 fully saturated rings. The highest BCUT2D eigenvalue weighted by Gasteiger charge is 2.10. The number of H-pyrrole nitrogens is 1. The van der Waals surface area contributed by atoms with Gasteiger partial charge in [-0.3, -0.25) is 14.6 Å². The summed E-state index contributed by atoms with van der Waals surface area (Å²) in [6.07, 6.45) is 6.42. The van der Waals surface area contributed by atoms with Crippen molar-refractivity contribution in [3.8, 4) is 11.4 Å². The Morgan fingerprint density at radius 3 is 2.85 bits per heavy atom. The second-order valence-corrected chi connectivity index (χ2v) is 5.83. The van der Waals surface area contributed by atoms with Crippen molar-refractivity contribution in [3.05, 3.63) is 45.4 Å². The standard InChI is InChI=1S/C13H13N5S2/c1-2-10-7-15-11(20-10)8-18-12(16-17-13(18)19)9-3-5-14-6-4-9/h3-7H,2,8H2,1H3,(H,17,19). The van der Waals surface area contributed by atoms with Crippen molar-refractivity contribution < 1.29 is 0 Å². The van der Waals surface area contributed by atoms with Crippen LogP contribution in [-0.2, 0) is 13.0 Å². The van der Waals surface area contributed by atoms with Gasteiger partial charge in [0.1, 0.15) is 5.01 Å². The van der Waals surface area contributed by atoms with Crippen molar-refractivity contribution in [1.82, 2.24) is 24.7 Å². The molecule has 0 saturated heterocycles. The number of thiazole rings is 1. The van der Waals surface area contributed by atoms with Crippen LogP contribution in [0.25, 0.3) is 11.4 Å². The fourth-order valence-electron chi connectivity index (χ4n) is 1.91. The second kappa shape index (κ2) is 5.64. The van der Waals surface area contributed by atoms with Crippen LogP contribution in [0.1, 0.15) is 16.8 Å². The third-order valence-corrected chi connectivity index (χ3v) is 4.38. The van der Waals surface area contributed by atoms with Crippen molar-refractivity contribution in [2.45, 2.75) is 19.9 Å². The molecule has 3 aromatic rings. The summed E-state index contributed by atoms with van der Waals surface area (Å²) in [7, 11) is 0. The molecule has 7 heteroatoms. The van der Waals surface area contributed by atoms with Crippen molar-refractivity contribution in [1.29, 1.82) is 0 Å². The average Bonchev–Trinajstić information content (AvgIpc) is 3.08. The van der Waals surface area contributed by atoms with Gasteiger partial charge in [0.25, 0.3) is 0 Å². The van der Waals surface area contributed by atoms with Gasteiger partial charge < -0.3 is 0 Å². The lowest BCUT2D eigenvalue weighted by molar-refractivity contribution is 0.783. The highest BCUT2D eigenvalue weighted by molar-refractivity contribution is 7.71. The van der Waals surface area contributed by atoms with Crippen LogP contribution in [0.2, 0.25) is 0 Å². The third-order valence-electron chi connectivity index (χ3n) is 2.94. The van der Waals surface area contributed by atoms with Crippen LogP contribution in [0.3, 0.4) is 0 Å². The minimum atomic E-state index is 0.602. The molecule has 1 N–H and O–H groups in total. The summed E-state index contributed by atoms with van der Waals surface area (Å²) in [5, 5.41) is 8.19. The van der Waals surface area contributed by atoms with E-state index in [1.54, 1.807) is 23.7 Å². The maximum absolute atomic E-state index is 5.31. The Hall–Kier alpha value is -1.86. The first-order chi connectivity index (χ1) is 9.78. The molecule has 0 radical (unpaired) electrons. The Bertz CT molecular complexity index is 756. The summed E-state index contributed by atoms with van der Waals surface area (Å²) in [5.41, 5.74) is 0.986. The van der Waals surface area contributed by atoms with E-state index in [-0.39, 0.29) is 0 Å². The number of aryl methyl sites for hydroxylation is 1. The SMILES string of the molecule is CCc1cnc(Cn2c(-c3ccncc3)n[nH]c2=S)s1. The van der Waals surface area contributed by atoms with Crippen LogP contribution >= 0.6 is 23.6 Å². The van der Waals surface area contributed by atoms with Gasteiger partial charge >= 0.3 is 0 Å². The lowest BCUT2D eigenvalue weighted by atomic mass is 10.2. The predicted molar refractivity (Wildman–Crippen MR) is 81.2 cm³/mol. The average molecular weight is 303 g/mol. The Morgan fingerprint density at radius 2 is 2.15 bits per heavy atom. The van der Waals surface area contributed by atoms with Crippen molar-refractivity contribution in [2.24, 2.45) is 0 Å². The number of aromatic amines is 1. The molecule has 0 atom stereocenters. The summed E-state index contributed by atoms with van der Waals surface area (Å²) >= 11 is 7.02. The van der Waals surface area contributed by atoms with Gasteiger partial charge in [-0.05, 0) is 30.8 Å². The summed E-state index contributed by atoms with van der Waals surface area (Å²) < 4.78 is 2.56. The maximum Gasteiger partial charge on any atom is 0.195 e. The van der Waals surface area contributed by atoms with E-state index < -0.39 is 0 Å². The highest BCUT2D eigenvalue weighted by atomic mass is 32.1. The van der Waals surface area contributed by atoms with Crippen LogP contribution in [0.4, 0.5) is 0 Å². The molecule has 0 bridgehead atoms. The number of pyridine rings is 1. The van der Waals surface area contributed by atoms with Crippen LogP contribution in [-0.4, -0.2) is 24.7 Å². The summed E-state index contributed by atoms with van der Waals surface area (Å²) in [5.74, 6) is 0.811. The number of rotatable bonds is 4. The van der Waals surface area contributed by atoms with E-state index in [0.717, 1.165) is 22.8 Å². The molecule has 0 unspecified atom stereocenters. The fourth-order valence-corrected chi connectivity index (χ4v) is 2.95. The summed E-state index contributed by atoms with van der Waals surface area (Å²) in [6, 6.07) is 3.83. The van der Waals surface area contributed by atoms with E-state index in [1.807, 2.05) is 22.9 Å². The van der Waals surface area contributed by atoms with Crippen molar-refractivity contribution in [3.63, 3.8) is 0 Å². The fraction of sp³-hybridized carbons (Fsp3) is 0.231. The van der Waals surface area contributed by atoms with Gasteiger partial charge in [-0.2, -0.15) is 5.10 Å². The van der Waals surface area contributed by atoms with Crippen LogP contribution < -0.4 is 0 Å². The van der Waals surface area contributed by atoms with E-state index in [4.69, 9.17) is 12.2 Å². The van der Waals surface area contributed by atoms with E-state index in [0.29, 0.717) is 11.3 Å². The van der Waals surface area contributed by atoms with Gasteiger partial charge in [0.2, 0.25) is 0 Å². The molecule has 0 amide bonds. The van der Waals surface area contributed by atoms with Gasteiger partial charge in [-0.25, -0.2) is 4.98 Å². The zero-order valence-electron chi connectivity index (χ0n) is 10.9. The van der Waals surface area contributed by atoms with E-state index >= 15 is 0 Å². The normalized spacial score (nSPS) is 10.8. The zero-order valence-corrected chi connectivity index (χ0v) is 12.5. The molecule has 0 aliphatic carbocycles. The number of nitrogens with zero attached hydrogens (tertiary/aromatic N) is 4. The summed E-state index contributed by atoms with van der Waals surface area (Å²) in [4.78, 5) is 9.74. The molecule has 0 aromatic carbocycles. The molecule has 0 spiro atoms. The van der Waals surface area contributed by atoms with Crippen LogP contribution in [0.5, 0.6) is 0 Å². The Morgan fingerprint density at radius 1 is 1.35 bits per heavy atom. The van der Waals surface area contributed by atoms with Crippen molar-refractivity contribution in [2.75, 3.05) is 0 Å². The first kappa shape index (κ1) is 13.1. The molecule has 20 heavy (non-hydrogen) atoms. The van der Waals surface area contributed by atoms with Crippen LogP contribution in [0, 0.1) is 4.77 Å². The number of nitrogens with one attached hydrogen (secondary N) is 1. The Kier molecular flexibility index (Phi) is 3.70. The first-order valence-corrected chi connectivity index (χ1v) is 7.49. The smallest absolute Gasteiger partial charge is 0.195 e. The van der Waals surface area contributed by atoms with Gasteiger partial charge in [0, 0.05) is 29.0 Å². The molecule has 0 aliphatic rings. The minimum absolute atomic E-state index is 0.602. The van der Waals surface area contributed by atoms with E-state index in [1.165, 1.54) is 4.88 Å². The van der Waals surface area contributed by atoms with Crippen LogP contribution in [0.15, 0.2) is 30.7 Å². The molecule has 3 heterocycles. The first-order valence-electron chi connectivity index (χ1n) is 6.27. The van der Waals surface area contributed by atoms with Gasteiger partial charge in [-0.1, -0.05) is 6.92 Å². The molecule has 102 valence electrons. The minimum Gasteiger partial charge on any atom is -0.293 e. The number of hydrogen-bond donors (Lipinski definition) is 1. The van der Waals surface area contributed by atoms with E-state index in [9.17, 15) is 0 Å². The second-order valence-electron chi connectivity index (χ2n) is 4.25. The lowest BCUT2D eigenvalue weighted by Crippen LogP contribution is -2.02. The molecule has 0 saturated carbocycles. The Balaban J connectivity index is 1.97. The molecular weight excluding hydrogens is 290 g/mol. The number of aromatic nitrogens is 5. The van der Waals surface area contributed by atoms with Gasteiger partial charge in [0.15, 0.2) is 10.6 Å². The predicted octanol–water partition coefficient (Wildman–Crippen LogP) is 3.07. The monoisotopic (exact) mass is 303 g/mol. The maximum atomic E-state index is 5.31. The largest absolute Gasteiger partial charge is 0.293 e. The highest BCUT2D eigenvalue weighted by Crippen LogP contribution is 2.20. The molecule has 3 rings (SSSR count). The number of hydrogen-bond acceptors (Lipinski definition) is 5. The molecular formula is C13H13N5S2. The molecule has 3 aromatic heterocycles. The van der Waals surface area contributed by atoms with Gasteiger partial charge in [-0.15, -0.1) is 11.3 Å². The molecule has 5 nitrogen and oxygen atoms in total. The Labute approximate surface area is 125 Å². The lowest BCUT2D eigenvalue weighted by Gasteiger charge is -2.04. The quantitative estimate of drug-likeness (QED) is 0.753. The molecule has 0 aliphatic heterocycles.